The monoisotopic (exact) mass is 533 g/mol. The van der Waals surface area contributed by atoms with E-state index < -0.39 is 46.6 Å². The fourth-order valence-corrected chi connectivity index (χ4v) is 5.54. The second kappa shape index (κ2) is 9.22. The average molecular weight is 533 g/mol. The van der Waals surface area contributed by atoms with Crippen LogP contribution in [0.25, 0.3) is 5.69 Å². The molecule has 1 N–H and O–H groups in total. The number of methoxy groups -OCH3 is 2. The molecule has 1 aliphatic rings. The van der Waals surface area contributed by atoms with Gasteiger partial charge in [0.1, 0.15) is 0 Å². The lowest BCUT2D eigenvalue weighted by molar-refractivity contribution is -0.146. The van der Waals surface area contributed by atoms with Crippen molar-refractivity contribution in [2.45, 2.75) is 29.3 Å². The van der Waals surface area contributed by atoms with E-state index in [9.17, 15) is 36.2 Å². The summed E-state index contributed by atoms with van der Waals surface area (Å²) < 4.78 is 93.9. The van der Waals surface area contributed by atoms with Gasteiger partial charge in [-0.3, -0.25) is 9.36 Å². The van der Waals surface area contributed by atoms with Crippen molar-refractivity contribution in [2.24, 2.45) is 0 Å². The molecule has 7 nitrogen and oxygen atoms in total. The van der Waals surface area contributed by atoms with Crippen LogP contribution in [-0.4, -0.2) is 40.1 Å². The molecule has 2 atom stereocenters. The largest absolute Gasteiger partial charge is 0.493 e. The number of carbonyl (C=O) groups is 1. The van der Waals surface area contributed by atoms with E-state index in [1.54, 1.807) is 12.1 Å². The first-order chi connectivity index (χ1) is 16.9. The number of carboxylic acid groups (broad SMARTS) is 1. The number of hydrogen-bond donors (Lipinski definition) is 1. The summed E-state index contributed by atoms with van der Waals surface area (Å²) >= 11 is 0.837. The molecule has 2 heterocycles. The number of aromatic nitrogens is 3. The van der Waals surface area contributed by atoms with Gasteiger partial charge in [0.15, 0.2) is 17.3 Å². The average Bonchev–Trinajstić information content (AvgIpc) is 3.21. The SMILES string of the molecule is COc1cccc([C@@H]2S[C@@H](CC(=O)O)c3nnc(C(F)(F)F)n3-c3ccc(C(F)(F)F)cc32)c1OC. The second-order valence-electron chi connectivity index (χ2n) is 7.67. The Labute approximate surface area is 204 Å². The van der Waals surface area contributed by atoms with E-state index >= 15 is 0 Å². The molecule has 0 fully saturated rings. The highest BCUT2D eigenvalue weighted by molar-refractivity contribution is 8.00. The summed E-state index contributed by atoms with van der Waals surface area (Å²) in [6.07, 6.45) is -10.5. The molecule has 1 aromatic heterocycles. The van der Waals surface area contributed by atoms with Gasteiger partial charge in [-0.05, 0) is 29.8 Å². The zero-order valence-electron chi connectivity index (χ0n) is 18.5. The Hall–Kier alpha value is -3.42. The van der Waals surface area contributed by atoms with Crippen LogP contribution in [0.4, 0.5) is 26.3 Å². The van der Waals surface area contributed by atoms with Crippen LogP contribution in [0.3, 0.4) is 0 Å². The van der Waals surface area contributed by atoms with E-state index in [2.05, 4.69) is 10.2 Å². The molecule has 1 aliphatic heterocycles. The predicted molar refractivity (Wildman–Crippen MR) is 115 cm³/mol. The Morgan fingerprint density at radius 2 is 1.75 bits per heavy atom. The van der Waals surface area contributed by atoms with Gasteiger partial charge in [0.2, 0.25) is 5.82 Å². The summed E-state index contributed by atoms with van der Waals surface area (Å²) in [5.74, 6) is -2.79. The molecule has 192 valence electrons. The standard InChI is InChI=1S/C22H17F6N3O4S/c1-34-14-5-3-4-11(17(14)35-2)18-12-8-10(21(23,24)25)6-7-13(12)31-19(15(36-18)9-16(32)33)29-30-20(31)22(26,27)28/h3-8,15,18H,9H2,1-2H3,(H,32,33)/t15-,18-/m0/s1. The minimum Gasteiger partial charge on any atom is -0.493 e. The highest BCUT2D eigenvalue weighted by Crippen LogP contribution is 2.54. The summed E-state index contributed by atoms with van der Waals surface area (Å²) in [6.45, 7) is 0. The van der Waals surface area contributed by atoms with Crippen LogP contribution in [-0.2, 0) is 17.1 Å². The normalized spacial score (nSPS) is 17.7. The number of aliphatic carboxylic acids is 1. The Morgan fingerprint density at radius 3 is 2.33 bits per heavy atom. The minimum absolute atomic E-state index is 0.142. The van der Waals surface area contributed by atoms with Crippen LogP contribution >= 0.6 is 11.8 Å². The number of fused-ring (bicyclic) bond motifs is 3. The van der Waals surface area contributed by atoms with Gasteiger partial charge in [-0.1, -0.05) is 12.1 Å². The number of benzene rings is 2. The van der Waals surface area contributed by atoms with E-state index in [0.717, 1.165) is 23.9 Å². The molecule has 0 saturated carbocycles. The molecule has 14 heteroatoms. The third kappa shape index (κ3) is 4.56. The van der Waals surface area contributed by atoms with Crippen LogP contribution in [0.5, 0.6) is 11.5 Å². The van der Waals surface area contributed by atoms with Gasteiger partial charge in [-0.15, -0.1) is 22.0 Å². The lowest BCUT2D eigenvalue weighted by atomic mass is 9.98. The molecule has 3 aromatic rings. The van der Waals surface area contributed by atoms with Crippen molar-refractivity contribution in [2.75, 3.05) is 14.2 Å². The first-order valence-corrected chi connectivity index (χ1v) is 11.1. The molecular weight excluding hydrogens is 516 g/mol. The van der Waals surface area contributed by atoms with Crippen molar-refractivity contribution in [1.82, 2.24) is 14.8 Å². The van der Waals surface area contributed by atoms with Crippen molar-refractivity contribution in [3.05, 3.63) is 64.7 Å². The lowest BCUT2D eigenvalue weighted by Crippen LogP contribution is -2.17. The fourth-order valence-electron chi connectivity index (χ4n) is 4.03. The van der Waals surface area contributed by atoms with Gasteiger partial charge in [-0.25, -0.2) is 0 Å². The fraction of sp³-hybridized carbons (Fsp3) is 0.318. The summed E-state index contributed by atoms with van der Waals surface area (Å²) in [5, 5.41) is 14.0. The highest BCUT2D eigenvalue weighted by Gasteiger charge is 2.44. The summed E-state index contributed by atoms with van der Waals surface area (Å²) in [6, 6.07) is 6.93. The Morgan fingerprint density at radius 1 is 1.03 bits per heavy atom. The number of alkyl halides is 6. The predicted octanol–water partition coefficient (Wildman–Crippen LogP) is 5.67. The second-order valence-corrected chi connectivity index (χ2v) is 8.98. The maximum atomic E-state index is 13.9. The van der Waals surface area contributed by atoms with Crippen molar-refractivity contribution >= 4 is 17.7 Å². The zero-order valence-corrected chi connectivity index (χ0v) is 19.3. The molecule has 0 bridgehead atoms. The summed E-state index contributed by atoms with van der Waals surface area (Å²) in [4.78, 5) is 11.6. The summed E-state index contributed by atoms with van der Waals surface area (Å²) in [5.41, 5.74) is -1.22. The van der Waals surface area contributed by atoms with Gasteiger partial charge in [-0.2, -0.15) is 26.3 Å². The quantitative estimate of drug-likeness (QED) is 0.423. The minimum atomic E-state index is -5.02. The first-order valence-electron chi connectivity index (χ1n) is 10.2. The van der Waals surface area contributed by atoms with Gasteiger partial charge in [0.25, 0.3) is 0 Å². The van der Waals surface area contributed by atoms with Gasteiger partial charge in [0.05, 0.1) is 42.4 Å². The molecule has 36 heavy (non-hydrogen) atoms. The number of para-hydroxylation sites is 1. The number of halogens is 6. The van der Waals surface area contributed by atoms with Crippen molar-refractivity contribution in [3.8, 4) is 17.2 Å². The van der Waals surface area contributed by atoms with E-state index in [-0.39, 0.29) is 34.1 Å². The molecule has 0 unspecified atom stereocenters. The Balaban J connectivity index is 2.08. The third-order valence-electron chi connectivity index (χ3n) is 5.48. The molecule has 2 aromatic carbocycles. The lowest BCUT2D eigenvalue weighted by Gasteiger charge is -2.24. The molecule has 4 rings (SSSR count). The number of carboxylic acids is 1. The number of hydrogen-bond acceptors (Lipinski definition) is 6. The number of rotatable bonds is 5. The van der Waals surface area contributed by atoms with Crippen LogP contribution in [0, 0.1) is 0 Å². The smallest absolute Gasteiger partial charge is 0.452 e. The van der Waals surface area contributed by atoms with E-state index in [1.165, 1.54) is 20.3 Å². The molecule has 0 spiro atoms. The summed E-state index contributed by atoms with van der Waals surface area (Å²) in [7, 11) is 2.66. The maximum absolute atomic E-state index is 13.9. The van der Waals surface area contributed by atoms with Crippen molar-refractivity contribution < 1.29 is 45.7 Å². The van der Waals surface area contributed by atoms with E-state index in [0.29, 0.717) is 10.6 Å². The molecule has 0 saturated heterocycles. The topological polar surface area (TPSA) is 86.5 Å². The van der Waals surface area contributed by atoms with Crippen LogP contribution in [0.15, 0.2) is 36.4 Å². The Bertz CT molecular complexity index is 1310. The number of nitrogens with zero attached hydrogens (tertiary/aromatic N) is 3. The van der Waals surface area contributed by atoms with Gasteiger partial charge in [0, 0.05) is 5.56 Å². The van der Waals surface area contributed by atoms with Crippen molar-refractivity contribution in [1.29, 1.82) is 0 Å². The van der Waals surface area contributed by atoms with E-state index in [1.807, 2.05) is 0 Å². The molecule has 0 radical (unpaired) electrons. The maximum Gasteiger partial charge on any atom is 0.452 e. The number of ether oxygens (including phenoxy) is 2. The molecule has 0 aliphatic carbocycles. The van der Waals surface area contributed by atoms with Gasteiger partial charge < -0.3 is 14.6 Å². The zero-order chi connectivity index (χ0) is 26.4. The van der Waals surface area contributed by atoms with Crippen LogP contribution < -0.4 is 9.47 Å². The van der Waals surface area contributed by atoms with Crippen LogP contribution in [0.1, 0.15) is 45.3 Å². The van der Waals surface area contributed by atoms with Crippen molar-refractivity contribution in [3.63, 3.8) is 0 Å². The van der Waals surface area contributed by atoms with Crippen LogP contribution in [0.2, 0.25) is 0 Å². The number of thioether (sulfide) groups is 1. The highest BCUT2D eigenvalue weighted by atomic mass is 32.2. The van der Waals surface area contributed by atoms with E-state index in [4.69, 9.17) is 9.47 Å². The molecule has 0 amide bonds. The Kier molecular flexibility index (Phi) is 6.58. The first kappa shape index (κ1) is 25.7. The van der Waals surface area contributed by atoms with Gasteiger partial charge >= 0.3 is 18.3 Å². The molecular formula is C22H17F6N3O4S. The third-order valence-corrected chi connectivity index (χ3v) is 6.97.